The van der Waals surface area contributed by atoms with Gasteiger partial charge in [-0.3, -0.25) is 14.2 Å². The van der Waals surface area contributed by atoms with E-state index >= 15 is 0 Å². The number of rotatable bonds is 6. The maximum absolute atomic E-state index is 12.9. The zero-order valence-electron chi connectivity index (χ0n) is 15.4. The maximum atomic E-state index is 12.9. The molecule has 3 aromatic rings. The number of nitrogens with one attached hydrogen (secondary N) is 1. The van der Waals surface area contributed by atoms with Gasteiger partial charge in [-0.1, -0.05) is 35.5 Å². The second-order valence-corrected chi connectivity index (χ2v) is 6.45. The first-order valence-corrected chi connectivity index (χ1v) is 8.57. The third kappa shape index (κ3) is 3.92. The molecule has 2 aromatic heterocycles. The van der Waals surface area contributed by atoms with Crippen LogP contribution >= 0.6 is 0 Å². The van der Waals surface area contributed by atoms with Gasteiger partial charge in [-0.15, -0.1) is 0 Å². The fraction of sp³-hybridized carbons (Fsp3) is 0.250. The number of amides is 1. The van der Waals surface area contributed by atoms with E-state index in [0.29, 0.717) is 22.8 Å². The predicted molar refractivity (Wildman–Crippen MR) is 98.9 cm³/mol. The standard InChI is InChI=1S/C20H21N3O4/c1-12-9-16(14(3)23(12)18-10-13(2)27-22-18)20(26)21-17(11-19(24)25)15-7-5-4-6-8-15/h4-10,17H,11H2,1-3H3,(H,21,26)(H,24,25). The molecule has 0 saturated carbocycles. The first-order chi connectivity index (χ1) is 12.9. The first-order valence-electron chi connectivity index (χ1n) is 8.57. The number of carboxylic acids is 1. The molecule has 1 aromatic carbocycles. The van der Waals surface area contributed by atoms with E-state index in [1.165, 1.54) is 0 Å². The zero-order valence-corrected chi connectivity index (χ0v) is 15.4. The van der Waals surface area contributed by atoms with Crippen molar-refractivity contribution in [1.82, 2.24) is 15.0 Å². The van der Waals surface area contributed by atoms with Crippen LogP contribution in [0.4, 0.5) is 0 Å². The van der Waals surface area contributed by atoms with Crippen LogP contribution in [0.2, 0.25) is 0 Å². The minimum absolute atomic E-state index is 0.197. The van der Waals surface area contributed by atoms with E-state index in [2.05, 4.69) is 10.5 Å². The number of benzene rings is 1. The van der Waals surface area contributed by atoms with Crippen LogP contribution in [-0.2, 0) is 4.79 Å². The minimum atomic E-state index is -0.979. The Bertz CT molecular complexity index is 973. The van der Waals surface area contributed by atoms with Gasteiger partial charge in [0.05, 0.1) is 18.0 Å². The quantitative estimate of drug-likeness (QED) is 0.696. The molecule has 1 amide bonds. The second kappa shape index (κ2) is 7.49. The van der Waals surface area contributed by atoms with Crippen LogP contribution in [0.5, 0.6) is 0 Å². The molecule has 0 spiro atoms. The summed E-state index contributed by atoms with van der Waals surface area (Å²) >= 11 is 0. The van der Waals surface area contributed by atoms with Crippen molar-refractivity contribution in [3.05, 3.63) is 70.7 Å². The summed E-state index contributed by atoms with van der Waals surface area (Å²) in [6, 6.07) is 12.0. The number of aliphatic carboxylic acids is 1. The van der Waals surface area contributed by atoms with E-state index in [1.54, 1.807) is 31.2 Å². The largest absolute Gasteiger partial charge is 0.481 e. The van der Waals surface area contributed by atoms with Crippen LogP contribution in [-0.4, -0.2) is 26.7 Å². The Hall–Kier alpha value is -3.35. The van der Waals surface area contributed by atoms with E-state index in [9.17, 15) is 14.7 Å². The Morgan fingerprint density at radius 2 is 1.89 bits per heavy atom. The fourth-order valence-corrected chi connectivity index (χ4v) is 3.15. The molecule has 7 nitrogen and oxygen atoms in total. The van der Waals surface area contributed by atoms with E-state index in [0.717, 1.165) is 11.3 Å². The lowest BCUT2D eigenvalue weighted by molar-refractivity contribution is -0.137. The van der Waals surface area contributed by atoms with Crippen LogP contribution < -0.4 is 5.32 Å². The molecule has 140 valence electrons. The van der Waals surface area contributed by atoms with E-state index < -0.39 is 12.0 Å². The number of aryl methyl sites for hydroxylation is 2. The summed E-state index contributed by atoms with van der Waals surface area (Å²) in [6.45, 7) is 5.50. The van der Waals surface area contributed by atoms with Gasteiger partial charge in [0.1, 0.15) is 5.76 Å². The molecule has 0 radical (unpaired) electrons. The highest BCUT2D eigenvalue weighted by molar-refractivity contribution is 5.96. The van der Waals surface area contributed by atoms with Crippen molar-refractivity contribution in [1.29, 1.82) is 0 Å². The average molecular weight is 367 g/mol. The number of aromatic nitrogens is 2. The van der Waals surface area contributed by atoms with Crippen LogP contribution in [0, 0.1) is 20.8 Å². The highest BCUT2D eigenvalue weighted by Crippen LogP contribution is 2.23. The lowest BCUT2D eigenvalue weighted by Crippen LogP contribution is -2.30. The molecule has 0 bridgehead atoms. The van der Waals surface area contributed by atoms with E-state index in [4.69, 9.17) is 4.52 Å². The van der Waals surface area contributed by atoms with E-state index in [-0.39, 0.29) is 12.3 Å². The van der Waals surface area contributed by atoms with Gasteiger partial charge >= 0.3 is 5.97 Å². The summed E-state index contributed by atoms with van der Waals surface area (Å²) in [7, 11) is 0. The third-order valence-corrected chi connectivity index (χ3v) is 4.41. The molecule has 1 atom stereocenters. The Labute approximate surface area is 156 Å². The molecular formula is C20H21N3O4. The maximum Gasteiger partial charge on any atom is 0.305 e. The SMILES string of the molecule is Cc1cc(-n2c(C)cc(C(=O)NC(CC(=O)O)c3ccccc3)c2C)no1. The van der Waals surface area contributed by atoms with Crippen LogP contribution in [0.15, 0.2) is 47.0 Å². The van der Waals surface area contributed by atoms with Crippen molar-refractivity contribution >= 4 is 11.9 Å². The highest BCUT2D eigenvalue weighted by Gasteiger charge is 2.23. The van der Waals surface area contributed by atoms with Gasteiger partial charge < -0.3 is 14.9 Å². The zero-order chi connectivity index (χ0) is 19.6. The van der Waals surface area contributed by atoms with Gasteiger partial charge in [0.2, 0.25) is 0 Å². The third-order valence-electron chi connectivity index (χ3n) is 4.41. The van der Waals surface area contributed by atoms with Gasteiger partial charge in [0.15, 0.2) is 5.82 Å². The Morgan fingerprint density at radius 1 is 1.19 bits per heavy atom. The van der Waals surface area contributed by atoms with Crippen molar-refractivity contribution in [2.24, 2.45) is 0 Å². The normalized spacial score (nSPS) is 12.0. The van der Waals surface area contributed by atoms with Crippen LogP contribution in [0.3, 0.4) is 0 Å². The predicted octanol–water partition coefficient (Wildman–Crippen LogP) is 3.34. The van der Waals surface area contributed by atoms with Crippen molar-refractivity contribution in [3.8, 4) is 5.82 Å². The van der Waals surface area contributed by atoms with Gasteiger partial charge in [0.25, 0.3) is 5.91 Å². The topological polar surface area (TPSA) is 97.4 Å². The molecule has 0 fully saturated rings. The average Bonchev–Trinajstić information content (AvgIpc) is 3.17. The van der Waals surface area contributed by atoms with Gasteiger partial charge in [-0.05, 0) is 32.4 Å². The molecule has 0 aliphatic carbocycles. The number of carboxylic acid groups (broad SMARTS) is 1. The first kappa shape index (κ1) is 18.4. The number of nitrogens with zero attached hydrogens (tertiary/aromatic N) is 2. The summed E-state index contributed by atoms with van der Waals surface area (Å²) in [5, 5.41) is 16.1. The smallest absolute Gasteiger partial charge is 0.305 e. The molecule has 0 aliphatic heterocycles. The molecule has 0 saturated heterocycles. The lowest BCUT2D eigenvalue weighted by Gasteiger charge is -2.17. The van der Waals surface area contributed by atoms with Gasteiger partial charge in [-0.2, -0.15) is 0 Å². The highest BCUT2D eigenvalue weighted by atomic mass is 16.5. The van der Waals surface area contributed by atoms with Crippen molar-refractivity contribution in [3.63, 3.8) is 0 Å². The summed E-state index contributed by atoms with van der Waals surface area (Å²) in [5.41, 5.74) is 2.76. The van der Waals surface area contributed by atoms with Crippen molar-refractivity contribution in [2.45, 2.75) is 33.2 Å². The summed E-state index contributed by atoms with van der Waals surface area (Å²) < 4.78 is 6.96. The Kier molecular flexibility index (Phi) is 5.12. The molecular weight excluding hydrogens is 346 g/mol. The number of hydrogen-bond acceptors (Lipinski definition) is 4. The number of carbonyl (C=O) groups excluding carboxylic acids is 1. The van der Waals surface area contributed by atoms with Crippen molar-refractivity contribution in [2.75, 3.05) is 0 Å². The molecule has 2 heterocycles. The van der Waals surface area contributed by atoms with Crippen molar-refractivity contribution < 1.29 is 19.2 Å². The number of carbonyl (C=O) groups is 2. The molecule has 7 heteroatoms. The fourth-order valence-electron chi connectivity index (χ4n) is 3.15. The van der Waals surface area contributed by atoms with Gasteiger partial charge in [0, 0.05) is 17.5 Å². The second-order valence-electron chi connectivity index (χ2n) is 6.45. The monoisotopic (exact) mass is 367 g/mol. The molecule has 0 aliphatic rings. The van der Waals surface area contributed by atoms with Crippen LogP contribution in [0.25, 0.3) is 5.82 Å². The lowest BCUT2D eigenvalue weighted by atomic mass is 10.0. The molecule has 1 unspecified atom stereocenters. The summed E-state index contributed by atoms with van der Waals surface area (Å²) in [4.78, 5) is 24.1. The summed E-state index contributed by atoms with van der Waals surface area (Å²) in [6.07, 6.45) is -0.197. The Balaban J connectivity index is 1.90. The van der Waals surface area contributed by atoms with Crippen LogP contribution in [0.1, 0.15) is 45.5 Å². The summed E-state index contributed by atoms with van der Waals surface area (Å²) in [5.74, 6) is -0.0295. The molecule has 3 rings (SSSR count). The Morgan fingerprint density at radius 3 is 2.48 bits per heavy atom. The number of hydrogen-bond donors (Lipinski definition) is 2. The minimum Gasteiger partial charge on any atom is -0.481 e. The van der Waals surface area contributed by atoms with E-state index in [1.807, 2.05) is 36.6 Å². The molecule has 27 heavy (non-hydrogen) atoms. The van der Waals surface area contributed by atoms with Gasteiger partial charge in [-0.25, -0.2) is 0 Å². The molecule has 2 N–H and O–H groups in total.